The number of methoxy groups -OCH3 is 1. The lowest BCUT2D eigenvalue weighted by atomic mass is 10.4. The lowest BCUT2D eigenvalue weighted by Crippen LogP contribution is -2.28. The number of carbonyl (C=O) groups excluding carboxylic acids is 1. The number of nitrogens with zero attached hydrogens (tertiary/aromatic N) is 1. The van der Waals surface area contributed by atoms with Crippen LogP contribution in [0.25, 0.3) is 0 Å². The number of thioether (sulfide) groups is 1. The zero-order valence-corrected chi connectivity index (χ0v) is 7.52. The Labute approximate surface area is 71.1 Å². The molecular formula is C7H13NO2S. The van der Waals surface area contributed by atoms with Gasteiger partial charge in [0.1, 0.15) is 0 Å². The van der Waals surface area contributed by atoms with Crippen molar-refractivity contribution in [3.63, 3.8) is 0 Å². The topological polar surface area (TPSA) is 29.5 Å². The van der Waals surface area contributed by atoms with Crippen molar-refractivity contribution in [2.75, 3.05) is 31.9 Å². The van der Waals surface area contributed by atoms with Gasteiger partial charge in [0, 0.05) is 19.4 Å². The van der Waals surface area contributed by atoms with Gasteiger partial charge in [-0.05, 0) is 0 Å². The molecule has 1 fully saturated rings. The van der Waals surface area contributed by atoms with E-state index in [2.05, 4.69) is 0 Å². The average molecular weight is 175 g/mol. The van der Waals surface area contributed by atoms with Crippen LogP contribution in [0.2, 0.25) is 0 Å². The molecule has 1 aliphatic heterocycles. The number of hydrogen-bond acceptors (Lipinski definition) is 3. The van der Waals surface area contributed by atoms with Crippen molar-refractivity contribution in [1.29, 1.82) is 0 Å². The van der Waals surface area contributed by atoms with Gasteiger partial charge in [0.05, 0.1) is 18.9 Å². The summed E-state index contributed by atoms with van der Waals surface area (Å²) < 4.78 is 4.82. The molecule has 0 aromatic rings. The van der Waals surface area contributed by atoms with Gasteiger partial charge in [-0.15, -0.1) is 11.8 Å². The Hall–Kier alpha value is -0.220. The first-order valence-electron chi connectivity index (χ1n) is 3.69. The number of ether oxygens (including phenoxy) is 1. The van der Waals surface area contributed by atoms with Crippen LogP contribution in [0, 0.1) is 0 Å². The Kier molecular flexibility index (Phi) is 3.72. The maximum atomic E-state index is 11.2. The van der Waals surface area contributed by atoms with Crippen molar-refractivity contribution < 1.29 is 9.53 Å². The van der Waals surface area contributed by atoms with Gasteiger partial charge >= 0.3 is 0 Å². The van der Waals surface area contributed by atoms with Crippen LogP contribution in [0.4, 0.5) is 0 Å². The summed E-state index contributed by atoms with van der Waals surface area (Å²) in [4.78, 5) is 13.1. The first kappa shape index (κ1) is 8.87. The number of rotatable bonds is 3. The van der Waals surface area contributed by atoms with Crippen molar-refractivity contribution in [1.82, 2.24) is 4.90 Å². The molecule has 4 heteroatoms. The Morgan fingerprint density at radius 3 is 3.09 bits per heavy atom. The molecule has 0 aromatic carbocycles. The molecule has 0 atom stereocenters. The van der Waals surface area contributed by atoms with E-state index in [0.717, 1.165) is 18.2 Å². The second-order valence-corrected chi connectivity index (χ2v) is 3.51. The molecule has 3 nitrogen and oxygen atoms in total. The molecule has 0 aliphatic carbocycles. The molecule has 64 valence electrons. The highest BCUT2D eigenvalue weighted by molar-refractivity contribution is 7.99. The van der Waals surface area contributed by atoms with Crippen LogP contribution in [-0.2, 0) is 9.53 Å². The Morgan fingerprint density at radius 2 is 2.55 bits per heavy atom. The largest absolute Gasteiger partial charge is 0.384 e. The minimum absolute atomic E-state index is 0.219. The minimum Gasteiger partial charge on any atom is -0.384 e. The quantitative estimate of drug-likeness (QED) is 0.627. The summed E-state index contributed by atoms with van der Waals surface area (Å²) >= 11 is 1.81. The number of amides is 1. The summed E-state index contributed by atoms with van der Waals surface area (Å²) in [6, 6.07) is 0. The van der Waals surface area contributed by atoms with E-state index in [1.54, 1.807) is 7.11 Å². The standard InChI is InChI=1S/C7H13NO2S/c1-10-4-2-7(9)8-3-5-11-6-8/h2-6H2,1H3. The molecule has 1 rings (SSSR count). The molecule has 0 N–H and O–H groups in total. The van der Waals surface area contributed by atoms with Gasteiger partial charge < -0.3 is 9.64 Å². The van der Waals surface area contributed by atoms with Crippen molar-refractivity contribution in [3.8, 4) is 0 Å². The summed E-state index contributed by atoms with van der Waals surface area (Å²) in [6.07, 6.45) is 0.525. The maximum Gasteiger partial charge on any atom is 0.225 e. The molecule has 1 heterocycles. The van der Waals surface area contributed by atoms with Gasteiger partial charge in [-0.1, -0.05) is 0 Å². The van der Waals surface area contributed by atoms with Crippen molar-refractivity contribution in [2.45, 2.75) is 6.42 Å². The van der Waals surface area contributed by atoms with Crippen LogP contribution < -0.4 is 0 Å². The van der Waals surface area contributed by atoms with E-state index in [1.807, 2.05) is 16.7 Å². The summed E-state index contributed by atoms with van der Waals surface area (Å²) in [6.45, 7) is 1.45. The second-order valence-electron chi connectivity index (χ2n) is 2.44. The fourth-order valence-corrected chi connectivity index (χ4v) is 1.93. The highest BCUT2D eigenvalue weighted by Gasteiger charge is 2.17. The summed E-state index contributed by atoms with van der Waals surface area (Å²) in [5.74, 6) is 2.17. The fourth-order valence-electron chi connectivity index (χ4n) is 0.958. The summed E-state index contributed by atoms with van der Waals surface area (Å²) in [5, 5.41) is 0. The summed E-state index contributed by atoms with van der Waals surface area (Å²) in [5.41, 5.74) is 0. The van der Waals surface area contributed by atoms with Gasteiger partial charge in [0.15, 0.2) is 0 Å². The molecule has 0 unspecified atom stereocenters. The normalized spacial score (nSPS) is 17.4. The van der Waals surface area contributed by atoms with Crippen LogP contribution in [-0.4, -0.2) is 42.7 Å². The third-order valence-corrected chi connectivity index (χ3v) is 2.59. The highest BCUT2D eigenvalue weighted by Crippen LogP contribution is 2.13. The lowest BCUT2D eigenvalue weighted by molar-refractivity contribution is -0.130. The van der Waals surface area contributed by atoms with Gasteiger partial charge in [-0.25, -0.2) is 0 Å². The van der Waals surface area contributed by atoms with Gasteiger partial charge in [-0.2, -0.15) is 0 Å². The van der Waals surface area contributed by atoms with Crippen LogP contribution in [0.1, 0.15) is 6.42 Å². The maximum absolute atomic E-state index is 11.2. The Morgan fingerprint density at radius 1 is 1.73 bits per heavy atom. The van der Waals surface area contributed by atoms with Gasteiger partial charge in [0.2, 0.25) is 5.91 Å². The van der Waals surface area contributed by atoms with Crippen LogP contribution in [0.15, 0.2) is 0 Å². The van der Waals surface area contributed by atoms with E-state index in [1.165, 1.54) is 0 Å². The molecule has 0 saturated carbocycles. The predicted octanol–water partition coefficient (Wildman–Crippen LogP) is 0.556. The third kappa shape index (κ3) is 2.71. The smallest absolute Gasteiger partial charge is 0.225 e. The minimum atomic E-state index is 0.219. The molecule has 1 saturated heterocycles. The van der Waals surface area contributed by atoms with E-state index in [-0.39, 0.29) is 5.91 Å². The van der Waals surface area contributed by atoms with Crippen LogP contribution in [0.5, 0.6) is 0 Å². The van der Waals surface area contributed by atoms with Crippen molar-refractivity contribution in [2.24, 2.45) is 0 Å². The zero-order chi connectivity index (χ0) is 8.10. The van der Waals surface area contributed by atoms with E-state index in [4.69, 9.17) is 4.74 Å². The van der Waals surface area contributed by atoms with Gasteiger partial charge in [0.25, 0.3) is 0 Å². The molecule has 0 aromatic heterocycles. The third-order valence-electron chi connectivity index (χ3n) is 1.63. The van der Waals surface area contributed by atoms with E-state index in [9.17, 15) is 4.79 Å². The Balaban J connectivity index is 2.17. The summed E-state index contributed by atoms with van der Waals surface area (Å²) in [7, 11) is 1.62. The molecule has 0 bridgehead atoms. The van der Waals surface area contributed by atoms with E-state index in [0.29, 0.717) is 13.0 Å². The van der Waals surface area contributed by atoms with Crippen LogP contribution >= 0.6 is 11.8 Å². The Bertz CT molecular complexity index is 134. The molecule has 1 aliphatic rings. The van der Waals surface area contributed by atoms with Crippen molar-refractivity contribution >= 4 is 17.7 Å². The lowest BCUT2D eigenvalue weighted by Gasteiger charge is -2.13. The molecule has 0 spiro atoms. The van der Waals surface area contributed by atoms with Gasteiger partial charge in [-0.3, -0.25) is 4.79 Å². The SMILES string of the molecule is COCCC(=O)N1CCSC1. The molecule has 0 radical (unpaired) electrons. The first-order chi connectivity index (χ1) is 5.34. The molecule has 1 amide bonds. The average Bonchev–Trinajstić information content (AvgIpc) is 2.52. The number of hydrogen-bond donors (Lipinski definition) is 0. The van der Waals surface area contributed by atoms with E-state index >= 15 is 0 Å². The zero-order valence-electron chi connectivity index (χ0n) is 6.71. The number of carbonyl (C=O) groups is 1. The second kappa shape index (κ2) is 4.62. The van der Waals surface area contributed by atoms with Crippen LogP contribution in [0.3, 0.4) is 0 Å². The monoisotopic (exact) mass is 175 g/mol. The van der Waals surface area contributed by atoms with E-state index < -0.39 is 0 Å². The van der Waals surface area contributed by atoms with Crippen molar-refractivity contribution in [3.05, 3.63) is 0 Å². The highest BCUT2D eigenvalue weighted by atomic mass is 32.2. The first-order valence-corrected chi connectivity index (χ1v) is 4.84. The predicted molar refractivity (Wildman–Crippen MR) is 45.5 cm³/mol. The fraction of sp³-hybridized carbons (Fsp3) is 0.857. The molecular weight excluding hydrogens is 162 g/mol. The molecule has 11 heavy (non-hydrogen) atoms.